The minimum Gasteiger partial charge on any atom is -0.394 e. The summed E-state index contributed by atoms with van der Waals surface area (Å²) in [6.45, 7) is 1.34. The predicted octanol–water partition coefficient (Wildman–Crippen LogP) is -0.0468. The monoisotopic (exact) mass is 321 g/mol. The van der Waals surface area contributed by atoms with Crippen molar-refractivity contribution in [2.45, 2.75) is 29.8 Å². The van der Waals surface area contributed by atoms with Gasteiger partial charge in [-0.2, -0.15) is 10.4 Å². The number of aliphatic hydroxyl groups is 2. The van der Waals surface area contributed by atoms with Crippen LogP contribution in [0.25, 0.3) is 5.65 Å². The van der Waals surface area contributed by atoms with Crippen LogP contribution >= 0.6 is 11.8 Å². The zero-order chi connectivity index (χ0) is 15.9. The molecule has 0 amide bonds. The van der Waals surface area contributed by atoms with Gasteiger partial charge in [-0.25, -0.2) is 14.5 Å². The molecular weight excluding hydrogens is 306 g/mol. The van der Waals surface area contributed by atoms with E-state index in [4.69, 9.17) is 4.74 Å². The average Bonchev–Trinajstić information content (AvgIpc) is 3.09. The van der Waals surface area contributed by atoms with E-state index in [2.05, 4.69) is 21.1 Å². The molecule has 2 N–H and O–H groups in total. The second-order valence-electron chi connectivity index (χ2n) is 5.11. The molecule has 1 saturated heterocycles. The van der Waals surface area contributed by atoms with Gasteiger partial charge in [-0.1, -0.05) is 6.92 Å². The van der Waals surface area contributed by atoms with Crippen LogP contribution in [0.2, 0.25) is 0 Å². The molecule has 0 spiro atoms. The van der Waals surface area contributed by atoms with Gasteiger partial charge in [0.15, 0.2) is 5.65 Å². The van der Waals surface area contributed by atoms with E-state index in [1.807, 2.05) is 6.26 Å². The number of nitrogens with zero attached hydrogens (tertiary/aromatic N) is 5. The van der Waals surface area contributed by atoms with E-state index in [9.17, 15) is 15.5 Å². The molecule has 0 radical (unpaired) electrons. The first-order chi connectivity index (χ1) is 10.6. The van der Waals surface area contributed by atoms with E-state index in [1.54, 1.807) is 6.92 Å². The summed E-state index contributed by atoms with van der Waals surface area (Å²) in [5.41, 5.74) is -0.474. The molecule has 0 bridgehead atoms. The third-order valence-corrected chi connectivity index (χ3v) is 4.74. The standard InChI is InChI=1S/C13H15N5O3S/c1-7-10(20)8(4-19)21-13(7,5-14)9-3-15-11-12(22-2)16-6-17-18(9)11/h3,6-8,10,19-20H,4H2,1-2H3/t7-,8+,10-,13+/m0/s1. The lowest BCUT2D eigenvalue weighted by atomic mass is 9.85. The Morgan fingerprint density at radius 1 is 1.55 bits per heavy atom. The van der Waals surface area contributed by atoms with Gasteiger partial charge in [0, 0.05) is 5.92 Å². The van der Waals surface area contributed by atoms with Gasteiger partial charge in [0.2, 0.25) is 5.60 Å². The van der Waals surface area contributed by atoms with Gasteiger partial charge in [0.1, 0.15) is 29.2 Å². The Balaban J connectivity index is 2.19. The minimum absolute atomic E-state index is 0.364. The molecule has 2 aromatic heterocycles. The van der Waals surface area contributed by atoms with E-state index in [0.29, 0.717) is 16.4 Å². The van der Waals surface area contributed by atoms with Gasteiger partial charge < -0.3 is 14.9 Å². The van der Waals surface area contributed by atoms with Gasteiger partial charge in [-0.15, -0.1) is 11.8 Å². The van der Waals surface area contributed by atoms with Crippen molar-refractivity contribution in [2.24, 2.45) is 5.92 Å². The highest BCUT2D eigenvalue weighted by molar-refractivity contribution is 7.98. The van der Waals surface area contributed by atoms with Crippen LogP contribution in [0, 0.1) is 17.2 Å². The highest BCUT2D eigenvalue weighted by Crippen LogP contribution is 2.43. The van der Waals surface area contributed by atoms with Crippen molar-refractivity contribution in [1.29, 1.82) is 5.26 Å². The lowest BCUT2D eigenvalue weighted by Crippen LogP contribution is -2.34. The van der Waals surface area contributed by atoms with E-state index < -0.39 is 23.7 Å². The molecule has 22 heavy (non-hydrogen) atoms. The Bertz CT molecular complexity index is 745. The zero-order valence-corrected chi connectivity index (χ0v) is 12.9. The molecule has 1 aliphatic rings. The molecule has 0 aliphatic carbocycles. The fourth-order valence-electron chi connectivity index (χ4n) is 2.80. The number of thioether (sulfide) groups is 1. The van der Waals surface area contributed by atoms with E-state index in [1.165, 1.54) is 28.8 Å². The van der Waals surface area contributed by atoms with Crippen molar-refractivity contribution < 1.29 is 14.9 Å². The third-order valence-electron chi connectivity index (χ3n) is 4.06. The molecule has 0 aromatic carbocycles. The number of hydrogen-bond acceptors (Lipinski definition) is 8. The van der Waals surface area contributed by atoms with Crippen LogP contribution in [0.1, 0.15) is 12.6 Å². The smallest absolute Gasteiger partial charge is 0.203 e. The Morgan fingerprint density at radius 2 is 2.32 bits per heavy atom. The van der Waals surface area contributed by atoms with Crippen molar-refractivity contribution in [1.82, 2.24) is 19.6 Å². The van der Waals surface area contributed by atoms with Gasteiger partial charge in [-0.3, -0.25) is 0 Å². The molecular formula is C13H15N5O3S. The fraction of sp³-hybridized carbons (Fsp3) is 0.538. The van der Waals surface area contributed by atoms with Crippen molar-refractivity contribution in [2.75, 3.05) is 12.9 Å². The van der Waals surface area contributed by atoms with Crippen LogP contribution in [0.3, 0.4) is 0 Å². The summed E-state index contributed by atoms with van der Waals surface area (Å²) in [4.78, 5) is 8.41. The number of fused-ring (bicyclic) bond motifs is 1. The Hall–Kier alpha value is -1.73. The van der Waals surface area contributed by atoms with Crippen LogP contribution in [0.4, 0.5) is 0 Å². The van der Waals surface area contributed by atoms with Crippen molar-refractivity contribution >= 4 is 17.4 Å². The number of aliphatic hydroxyl groups excluding tert-OH is 2. The predicted molar refractivity (Wildman–Crippen MR) is 77.0 cm³/mol. The molecule has 116 valence electrons. The Kier molecular flexibility index (Phi) is 3.78. The SMILES string of the molecule is CSc1ncnn2c([C@]3(C#N)O[C@H](CO)[C@@H](O)[C@@H]3C)cnc12. The van der Waals surface area contributed by atoms with E-state index in [-0.39, 0.29) is 6.61 Å². The number of aromatic nitrogens is 4. The molecule has 3 heterocycles. The number of ether oxygens (including phenoxy) is 1. The second-order valence-corrected chi connectivity index (χ2v) is 5.91. The molecule has 3 rings (SSSR count). The normalized spacial score (nSPS) is 31.5. The minimum atomic E-state index is -1.42. The molecule has 0 saturated carbocycles. The fourth-order valence-corrected chi connectivity index (χ4v) is 3.27. The van der Waals surface area contributed by atoms with Crippen LogP contribution < -0.4 is 0 Å². The lowest BCUT2D eigenvalue weighted by Gasteiger charge is -2.24. The quantitative estimate of drug-likeness (QED) is 0.756. The average molecular weight is 321 g/mol. The number of imidazole rings is 1. The van der Waals surface area contributed by atoms with Crippen LogP contribution in [-0.2, 0) is 10.3 Å². The number of nitriles is 1. The maximum Gasteiger partial charge on any atom is 0.203 e. The maximum absolute atomic E-state index is 10.2. The third kappa shape index (κ3) is 1.92. The van der Waals surface area contributed by atoms with E-state index >= 15 is 0 Å². The van der Waals surface area contributed by atoms with E-state index in [0.717, 1.165) is 0 Å². The molecule has 4 atom stereocenters. The number of hydrogen-bond donors (Lipinski definition) is 2. The molecule has 1 fully saturated rings. The van der Waals surface area contributed by atoms with Crippen molar-refractivity contribution in [3.8, 4) is 6.07 Å². The topological polar surface area (TPSA) is 117 Å². The highest BCUT2D eigenvalue weighted by atomic mass is 32.2. The van der Waals surface area contributed by atoms with Gasteiger partial charge in [0.05, 0.1) is 18.9 Å². The molecule has 9 heteroatoms. The molecule has 2 aromatic rings. The number of rotatable bonds is 3. The Morgan fingerprint density at radius 3 is 2.91 bits per heavy atom. The second kappa shape index (κ2) is 5.48. The highest BCUT2D eigenvalue weighted by Gasteiger charge is 2.55. The molecule has 0 unspecified atom stereocenters. The summed E-state index contributed by atoms with van der Waals surface area (Å²) in [5.74, 6) is -0.540. The summed E-state index contributed by atoms with van der Waals surface area (Å²) in [5, 5.41) is 34.1. The summed E-state index contributed by atoms with van der Waals surface area (Å²) in [6, 6.07) is 2.13. The summed E-state index contributed by atoms with van der Waals surface area (Å²) < 4.78 is 7.21. The largest absolute Gasteiger partial charge is 0.394 e. The molecule has 1 aliphatic heterocycles. The van der Waals surface area contributed by atoms with Crippen LogP contribution in [0.5, 0.6) is 0 Å². The molecule has 8 nitrogen and oxygen atoms in total. The summed E-state index contributed by atoms with van der Waals surface area (Å²) in [7, 11) is 0. The first-order valence-corrected chi connectivity index (χ1v) is 7.92. The van der Waals surface area contributed by atoms with Crippen molar-refractivity contribution in [3.63, 3.8) is 0 Å². The van der Waals surface area contributed by atoms with Gasteiger partial charge in [-0.05, 0) is 6.26 Å². The van der Waals surface area contributed by atoms with Crippen LogP contribution in [-0.4, -0.2) is 54.9 Å². The van der Waals surface area contributed by atoms with Crippen LogP contribution in [0.15, 0.2) is 17.6 Å². The maximum atomic E-state index is 10.2. The lowest BCUT2D eigenvalue weighted by molar-refractivity contribution is -0.0546. The first-order valence-electron chi connectivity index (χ1n) is 6.70. The van der Waals surface area contributed by atoms with Gasteiger partial charge in [0.25, 0.3) is 0 Å². The van der Waals surface area contributed by atoms with Crippen molar-refractivity contribution in [3.05, 3.63) is 18.2 Å². The summed E-state index contributed by atoms with van der Waals surface area (Å²) >= 11 is 1.42. The first kappa shape index (κ1) is 15.2. The zero-order valence-electron chi connectivity index (χ0n) is 12.0. The van der Waals surface area contributed by atoms with Gasteiger partial charge >= 0.3 is 0 Å². The summed E-state index contributed by atoms with van der Waals surface area (Å²) in [6.07, 6.45) is 3.00. The Labute approximate surface area is 130 Å².